The normalized spacial score (nSPS) is 30.2. The molecule has 3 aliphatic heterocycles. The van der Waals surface area contributed by atoms with Crippen LogP contribution >= 0.6 is 0 Å². The third-order valence-corrected chi connectivity index (χ3v) is 5.14. The van der Waals surface area contributed by atoms with Gasteiger partial charge in [-0.15, -0.1) is 0 Å². The number of carbonyl (C=O) groups is 1. The maximum Gasteiger partial charge on any atom is 0.248 e. The van der Waals surface area contributed by atoms with E-state index in [1.807, 2.05) is 4.90 Å². The molecule has 114 valence electrons. The van der Waals surface area contributed by atoms with Crippen LogP contribution in [0.2, 0.25) is 0 Å². The molecule has 0 saturated carbocycles. The minimum absolute atomic E-state index is 0.0388. The molecule has 1 atom stereocenters. The van der Waals surface area contributed by atoms with Gasteiger partial charge >= 0.3 is 0 Å². The van der Waals surface area contributed by atoms with Gasteiger partial charge in [-0.05, 0) is 45.2 Å². The minimum Gasteiger partial charge on any atom is -0.375 e. The first-order chi connectivity index (χ1) is 9.72. The molecular weight excluding hydrogens is 256 g/mol. The van der Waals surface area contributed by atoms with Crippen LogP contribution in [0.15, 0.2) is 0 Å². The van der Waals surface area contributed by atoms with Crippen molar-refractivity contribution in [1.82, 2.24) is 9.80 Å². The van der Waals surface area contributed by atoms with E-state index in [4.69, 9.17) is 9.47 Å². The average Bonchev–Trinajstić information content (AvgIpc) is 3.10. The Morgan fingerprint density at radius 2 is 1.95 bits per heavy atom. The molecule has 0 radical (unpaired) electrons. The van der Waals surface area contributed by atoms with E-state index < -0.39 is 0 Å². The zero-order valence-electron chi connectivity index (χ0n) is 12.5. The highest BCUT2D eigenvalue weighted by atomic mass is 16.5. The van der Waals surface area contributed by atoms with Crippen LogP contribution in [0.25, 0.3) is 0 Å². The molecule has 1 amide bonds. The van der Waals surface area contributed by atoms with Crippen LogP contribution in [-0.2, 0) is 14.3 Å². The molecule has 3 saturated heterocycles. The summed E-state index contributed by atoms with van der Waals surface area (Å²) in [6.45, 7) is 5.19. The van der Waals surface area contributed by atoms with Crippen molar-refractivity contribution in [2.75, 3.05) is 46.5 Å². The maximum absolute atomic E-state index is 11.8. The molecule has 0 aromatic carbocycles. The van der Waals surface area contributed by atoms with Crippen LogP contribution in [-0.4, -0.2) is 73.9 Å². The lowest BCUT2D eigenvalue weighted by Gasteiger charge is -2.38. The van der Waals surface area contributed by atoms with Gasteiger partial charge in [0.2, 0.25) is 5.91 Å². The summed E-state index contributed by atoms with van der Waals surface area (Å²) in [4.78, 5) is 16.3. The Kier molecular flexibility index (Phi) is 4.29. The summed E-state index contributed by atoms with van der Waals surface area (Å²) in [7, 11) is 1.57. The number of amides is 1. The number of carbonyl (C=O) groups excluding carboxylic acids is 1. The van der Waals surface area contributed by atoms with Gasteiger partial charge in [0.15, 0.2) is 0 Å². The van der Waals surface area contributed by atoms with E-state index in [2.05, 4.69) is 4.90 Å². The van der Waals surface area contributed by atoms with Crippen LogP contribution in [0.5, 0.6) is 0 Å². The standard InChI is InChI=1S/C15H26N2O3/c1-19-12-14(18)17-8-4-15(5-9-17)10-13(11-20-15)16-6-2-3-7-16/h13H,2-12H2,1H3. The van der Waals surface area contributed by atoms with E-state index in [1.54, 1.807) is 7.11 Å². The van der Waals surface area contributed by atoms with Crippen molar-refractivity contribution in [2.45, 2.75) is 43.7 Å². The first-order valence-electron chi connectivity index (χ1n) is 7.87. The summed E-state index contributed by atoms with van der Waals surface area (Å²) in [5.74, 6) is 0.108. The van der Waals surface area contributed by atoms with Gasteiger partial charge in [-0.2, -0.15) is 0 Å². The highest BCUT2D eigenvalue weighted by molar-refractivity contribution is 5.77. The third kappa shape index (κ3) is 2.85. The second-order valence-corrected chi connectivity index (χ2v) is 6.41. The zero-order valence-corrected chi connectivity index (χ0v) is 12.5. The number of ether oxygens (including phenoxy) is 2. The molecule has 5 nitrogen and oxygen atoms in total. The van der Waals surface area contributed by atoms with E-state index in [0.29, 0.717) is 6.04 Å². The second-order valence-electron chi connectivity index (χ2n) is 6.41. The summed E-state index contributed by atoms with van der Waals surface area (Å²) in [5, 5.41) is 0. The predicted molar refractivity (Wildman–Crippen MR) is 75.6 cm³/mol. The Labute approximate surface area is 121 Å². The molecule has 1 unspecified atom stereocenters. The van der Waals surface area contributed by atoms with E-state index >= 15 is 0 Å². The third-order valence-electron chi connectivity index (χ3n) is 5.14. The summed E-state index contributed by atoms with van der Waals surface area (Å²) >= 11 is 0. The van der Waals surface area contributed by atoms with Crippen molar-refractivity contribution in [2.24, 2.45) is 0 Å². The first kappa shape index (κ1) is 14.3. The number of rotatable bonds is 3. The van der Waals surface area contributed by atoms with E-state index in [-0.39, 0.29) is 18.1 Å². The lowest BCUT2D eigenvalue weighted by Crippen LogP contribution is -2.48. The molecule has 0 aromatic heterocycles. The molecule has 0 aromatic rings. The smallest absolute Gasteiger partial charge is 0.248 e. The average molecular weight is 282 g/mol. The predicted octanol–water partition coefficient (Wildman–Crippen LogP) is 0.879. The number of methoxy groups -OCH3 is 1. The Hall–Kier alpha value is -0.650. The van der Waals surface area contributed by atoms with Gasteiger partial charge in [0.05, 0.1) is 12.2 Å². The summed E-state index contributed by atoms with van der Waals surface area (Å²) < 4.78 is 11.1. The van der Waals surface area contributed by atoms with Crippen LogP contribution in [0, 0.1) is 0 Å². The van der Waals surface area contributed by atoms with Gasteiger partial charge in [-0.3, -0.25) is 9.69 Å². The molecule has 3 aliphatic rings. The van der Waals surface area contributed by atoms with E-state index in [1.165, 1.54) is 25.9 Å². The number of likely N-dealkylation sites (tertiary alicyclic amines) is 2. The van der Waals surface area contributed by atoms with Crippen LogP contribution in [0.1, 0.15) is 32.1 Å². The Morgan fingerprint density at radius 1 is 1.25 bits per heavy atom. The van der Waals surface area contributed by atoms with Gasteiger partial charge in [0, 0.05) is 26.2 Å². The maximum atomic E-state index is 11.8. The molecule has 3 fully saturated rings. The molecule has 3 heterocycles. The molecule has 1 spiro atoms. The quantitative estimate of drug-likeness (QED) is 0.770. The van der Waals surface area contributed by atoms with Crippen molar-refractivity contribution < 1.29 is 14.3 Å². The number of piperidine rings is 1. The van der Waals surface area contributed by atoms with Crippen LogP contribution < -0.4 is 0 Å². The first-order valence-corrected chi connectivity index (χ1v) is 7.87. The molecule has 0 aliphatic carbocycles. The number of nitrogens with zero attached hydrogens (tertiary/aromatic N) is 2. The lowest BCUT2D eigenvalue weighted by atomic mass is 9.87. The molecule has 3 rings (SSSR count). The molecule has 0 N–H and O–H groups in total. The van der Waals surface area contributed by atoms with Crippen LogP contribution in [0.4, 0.5) is 0 Å². The summed E-state index contributed by atoms with van der Waals surface area (Å²) in [5.41, 5.74) is 0.0388. The monoisotopic (exact) mass is 282 g/mol. The Balaban J connectivity index is 1.51. The van der Waals surface area contributed by atoms with Crippen molar-refractivity contribution >= 4 is 5.91 Å². The highest BCUT2D eigenvalue weighted by Crippen LogP contribution is 2.38. The van der Waals surface area contributed by atoms with Crippen molar-refractivity contribution in [3.05, 3.63) is 0 Å². The van der Waals surface area contributed by atoms with Gasteiger partial charge < -0.3 is 14.4 Å². The molecule has 5 heteroatoms. The van der Waals surface area contributed by atoms with Gasteiger partial charge in [-0.1, -0.05) is 0 Å². The number of hydrogen-bond donors (Lipinski definition) is 0. The van der Waals surface area contributed by atoms with Crippen molar-refractivity contribution in [3.63, 3.8) is 0 Å². The van der Waals surface area contributed by atoms with E-state index in [9.17, 15) is 4.79 Å². The molecule has 20 heavy (non-hydrogen) atoms. The van der Waals surface area contributed by atoms with Crippen molar-refractivity contribution in [3.8, 4) is 0 Å². The summed E-state index contributed by atoms with van der Waals surface area (Å²) in [6, 6.07) is 0.610. The zero-order chi connectivity index (χ0) is 14.0. The topological polar surface area (TPSA) is 42.0 Å². The minimum atomic E-state index is 0.0388. The SMILES string of the molecule is COCC(=O)N1CCC2(CC1)CC(N1CCCC1)CO2. The fourth-order valence-electron chi connectivity index (χ4n) is 3.89. The van der Waals surface area contributed by atoms with Gasteiger partial charge in [-0.25, -0.2) is 0 Å². The van der Waals surface area contributed by atoms with Gasteiger partial charge in [0.1, 0.15) is 6.61 Å². The summed E-state index contributed by atoms with van der Waals surface area (Å²) in [6.07, 6.45) is 5.78. The fourth-order valence-corrected chi connectivity index (χ4v) is 3.89. The second kappa shape index (κ2) is 6.00. The number of hydrogen-bond acceptors (Lipinski definition) is 4. The van der Waals surface area contributed by atoms with Crippen molar-refractivity contribution in [1.29, 1.82) is 0 Å². The fraction of sp³-hybridized carbons (Fsp3) is 0.933. The Bertz CT molecular complexity index is 347. The molecule has 0 bridgehead atoms. The van der Waals surface area contributed by atoms with Crippen LogP contribution in [0.3, 0.4) is 0 Å². The largest absolute Gasteiger partial charge is 0.375 e. The Morgan fingerprint density at radius 3 is 2.60 bits per heavy atom. The lowest BCUT2D eigenvalue weighted by molar-refractivity contribution is -0.139. The van der Waals surface area contributed by atoms with Gasteiger partial charge in [0.25, 0.3) is 0 Å². The highest BCUT2D eigenvalue weighted by Gasteiger charge is 2.45. The molecular formula is C15H26N2O3. The van der Waals surface area contributed by atoms with E-state index in [0.717, 1.165) is 39.0 Å².